The molecule has 0 unspecified atom stereocenters. The maximum Gasteiger partial charge on any atom is 0.227 e. The largest absolute Gasteiger partial charge is 0.439 e. The molecule has 5 heteroatoms. The molecule has 19 heavy (non-hydrogen) atoms. The Morgan fingerprint density at radius 3 is 2.63 bits per heavy atom. The highest BCUT2D eigenvalue weighted by molar-refractivity contribution is 14.1. The molecule has 0 radical (unpaired) electrons. The van der Waals surface area contributed by atoms with Crippen LogP contribution in [0.4, 0.5) is 5.82 Å². The van der Waals surface area contributed by atoms with Gasteiger partial charge in [-0.25, -0.2) is 9.97 Å². The molecule has 1 N–H and O–H groups in total. The Morgan fingerprint density at radius 1 is 1.21 bits per heavy atom. The van der Waals surface area contributed by atoms with Crippen molar-refractivity contribution in [2.45, 2.75) is 20.3 Å². The third-order valence-corrected chi connectivity index (χ3v) is 3.33. The van der Waals surface area contributed by atoms with Gasteiger partial charge in [-0.15, -0.1) is 0 Å². The smallest absolute Gasteiger partial charge is 0.227 e. The molecule has 1 aromatic heterocycles. The summed E-state index contributed by atoms with van der Waals surface area (Å²) in [5.41, 5.74) is 0.925. The van der Waals surface area contributed by atoms with Gasteiger partial charge in [0.2, 0.25) is 5.88 Å². The van der Waals surface area contributed by atoms with Crippen molar-refractivity contribution in [2.75, 3.05) is 11.9 Å². The molecule has 100 valence electrons. The Balaban J connectivity index is 2.18. The first kappa shape index (κ1) is 14.0. The third kappa shape index (κ3) is 3.79. The lowest BCUT2D eigenvalue weighted by Crippen LogP contribution is -2.05. The van der Waals surface area contributed by atoms with Gasteiger partial charge in [-0.1, -0.05) is 6.92 Å². The van der Waals surface area contributed by atoms with Crippen LogP contribution < -0.4 is 10.1 Å². The zero-order valence-corrected chi connectivity index (χ0v) is 13.1. The number of anilines is 1. The van der Waals surface area contributed by atoms with E-state index < -0.39 is 0 Å². The lowest BCUT2D eigenvalue weighted by molar-refractivity contribution is 0.457. The van der Waals surface area contributed by atoms with Crippen molar-refractivity contribution >= 4 is 28.4 Å². The molecule has 0 saturated heterocycles. The zero-order chi connectivity index (χ0) is 13.7. The maximum absolute atomic E-state index is 5.79. The topological polar surface area (TPSA) is 47.0 Å². The standard InChI is InChI=1S/C14H16IN3O/c1-3-8-16-13-10(2)14(18-9-17-13)19-12-6-4-11(15)5-7-12/h4-7,9H,3,8H2,1-2H3,(H,16,17,18). The van der Waals surface area contributed by atoms with Gasteiger partial charge in [0.1, 0.15) is 17.9 Å². The van der Waals surface area contributed by atoms with Crippen LogP contribution in [-0.4, -0.2) is 16.5 Å². The minimum Gasteiger partial charge on any atom is -0.439 e. The predicted molar refractivity (Wildman–Crippen MR) is 84.8 cm³/mol. The number of aromatic nitrogens is 2. The number of rotatable bonds is 5. The molecule has 1 heterocycles. The van der Waals surface area contributed by atoms with Gasteiger partial charge in [-0.2, -0.15) is 0 Å². The molecule has 0 fully saturated rings. The lowest BCUT2D eigenvalue weighted by atomic mass is 10.3. The summed E-state index contributed by atoms with van der Waals surface area (Å²) in [5, 5.41) is 3.27. The van der Waals surface area contributed by atoms with E-state index in [0.717, 1.165) is 30.1 Å². The second-order valence-corrected chi connectivity index (χ2v) is 5.38. The van der Waals surface area contributed by atoms with Crippen LogP contribution >= 0.6 is 22.6 Å². The Morgan fingerprint density at radius 2 is 1.95 bits per heavy atom. The van der Waals surface area contributed by atoms with Crippen LogP contribution in [0.2, 0.25) is 0 Å². The van der Waals surface area contributed by atoms with Crippen molar-refractivity contribution in [3.63, 3.8) is 0 Å². The van der Waals surface area contributed by atoms with E-state index in [9.17, 15) is 0 Å². The minimum absolute atomic E-state index is 0.592. The van der Waals surface area contributed by atoms with Gasteiger partial charge in [0.05, 0.1) is 5.56 Å². The number of halogens is 1. The Bertz CT molecular complexity index is 543. The Kier molecular flexibility index (Phi) is 4.95. The normalized spacial score (nSPS) is 10.3. The van der Waals surface area contributed by atoms with Gasteiger partial charge < -0.3 is 10.1 Å². The van der Waals surface area contributed by atoms with E-state index in [-0.39, 0.29) is 0 Å². The highest BCUT2D eigenvalue weighted by Crippen LogP contribution is 2.26. The summed E-state index contributed by atoms with van der Waals surface area (Å²) in [5.74, 6) is 2.20. The van der Waals surface area contributed by atoms with E-state index in [0.29, 0.717) is 5.88 Å². The van der Waals surface area contributed by atoms with E-state index in [4.69, 9.17) is 4.74 Å². The van der Waals surface area contributed by atoms with Crippen molar-refractivity contribution < 1.29 is 4.74 Å². The van der Waals surface area contributed by atoms with Crippen LogP contribution in [0, 0.1) is 10.5 Å². The summed E-state index contributed by atoms with van der Waals surface area (Å²) in [4.78, 5) is 8.42. The molecular weight excluding hydrogens is 353 g/mol. The summed E-state index contributed by atoms with van der Waals surface area (Å²) >= 11 is 2.26. The number of benzene rings is 1. The average molecular weight is 369 g/mol. The molecule has 0 atom stereocenters. The van der Waals surface area contributed by atoms with Crippen LogP contribution in [-0.2, 0) is 0 Å². The Hall–Kier alpha value is -1.37. The summed E-state index contributed by atoms with van der Waals surface area (Å²) in [6, 6.07) is 7.87. The van der Waals surface area contributed by atoms with E-state index in [2.05, 4.69) is 44.8 Å². The van der Waals surface area contributed by atoms with Crippen LogP contribution in [0.1, 0.15) is 18.9 Å². The van der Waals surface area contributed by atoms with Gasteiger partial charge in [0.25, 0.3) is 0 Å². The molecule has 0 spiro atoms. The Labute approximate surface area is 126 Å². The van der Waals surface area contributed by atoms with E-state index in [1.807, 2.05) is 31.2 Å². The third-order valence-electron chi connectivity index (χ3n) is 2.61. The molecule has 0 aliphatic carbocycles. The van der Waals surface area contributed by atoms with Crippen LogP contribution in [0.3, 0.4) is 0 Å². The molecule has 0 aliphatic heterocycles. The first-order valence-electron chi connectivity index (χ1n) is 6.19. The monoisotopic (exact) mass is 369 g/mol. The summed E-state index contributed by atoms with van der Waals surface area (Å²) in [6.45, 7) is 4.97. The van der Waals surface area contributed by atoms with Gasteiger partial charge in [0.15, 0.2) is 0 Å². The maximum atomic E-state index is 5.79. The summed E-state index contributed by atoms with van der Waals surface area (Å²) in [7, 11) is 0. The van der Waals surface area contributed by atoms with Crippen LogP contribution in [0.15, 0.2) is 30.6 Å². The second-order valence-electron chi connectivity index (χ2n) is 4.14. The molecule has 4 nitrogen and oxygen atoms in total. The highest BCUT2D eigenvalue weighted by atomic mass is 127. The van der Waals surface area contributed by atoms with Crippen molar-refractivity contribution in [2.24, 2.45) is 0 Å². The highest BCUT2D eigenvalue weighted by Gasteiger charge is 2.08. The lowest BCUT2D eigenvalue weighted by Gasteiger charge is -2.11. The quantitative estimate of drug-likeness (QED) is 0.810. The molecular formula is C14H16IN3O. The van der Waals surface area contributed by atoms with Crippen molar-refractivity contribution in [1.82, 2.24) is 9.97 Å². The summed E-state index contributed by atoms with van der Waals surface area (Å²) in [6.07, 6.45) is 2.57. The number of nitrogens with zero attached hydrogens (tertiary/aromatic N) is 2. The molecule has 0 amide bonds. The van der Waals surface area contributed by atoms with Gasteiger partial charge >= 0.3 is 0 Å². The minimum atomic E-state index is 0.592. The first-order valence-corrected chi connectivity index (χ1v) is 7.27. The fraction of sp³-hybridized carbons (Fsp3) is 0.286. The molecule has 2 rings (SSSR count). The molecule has 0 saturated carbocycles. The molecule has 2 aromatic rings. The molecule has 1 aromatic carbocycles. The fourth-order valence-corrected chi connectivity index (χ4v) is 1.93. The van der Waals surface area contributed by atoms with E-state index in [1.54, 1.807) is 0 Å². The van der Waals surface area contributed by atoms with Crippen LogP contribution in [0.5, 0.6) is 11.6 Å². The fourth-order valence-electron chi connectivity index (χ4n) is 1.57. The SMILES string of the molecule is CCCNc1ncnc(Oc2ccc(I)cc2)c1C. The molecule has 0 bridgehead atoms. The second kappa shape index (κ2) is 6.70. The van der Waals surface area contributed by atoms with Crippen molar-refractivity contribution in [3.05, 3.63) is 39.7 Å². The summed E-state index contributed by atoms with van der Waals surface area (Å²) < 4.78 is 6.97. The molecule has 0 aliphatic rings. The van der Waals surface area contributed by atoms with Crippen LogP contribution in [0.25, 0.3) is 0 Å². The predicted octanol–water partition coefficient (Wildman–Crippen LogP) is 4.00. The number of hydrogen-bond donors (Lipinski definition) is 1. The van der Waals surface area contributed by atoms with Gasteiger partial charge in [0, 0.05) is 10.1 Å². The van der Waals surface area contributed by atoms with E-state index >= 15 is 0 Å². The number of ether oxygens (including phenoxy) is 1. The zero-order valence-electron chi connectivity index (χ0n) is 11.0. The number of hydrogen-bond acceptors (Lipinski definition) is 4. The van der Waals surface area contributed by atoms with Crippen molar-refractivity contribution in [1.29, 1.82) is 0 Å². The van der Waals surface area contributed by atoms with Gasteiger partial charge in [-0.3, -0.25) is 0 Å². The average Bonchev–Trinajstić information content (AvgIpc) is 2.42. The first-order chi connectivity index (χ1) is 9.20. The van der Waals surface area contributed by atoms with Gasteiger partial charge in [-0.05, 0) is 60.2 Å². The number of nitrogens with one attached hydrogen (secondary N) is 1. The van der Waals surface area contributed by atoms with E-state index in [1.165, 1.54) is 9.90 Å². The van der Waals surface area contributed by atoms with Crippen molar-refractivity contribution in [3.8, 4) is 11.6 Å².